The summed E-state index contributed by atoms with van der Waals surface area (Å²) >= 11 is 0. The second-order valence-electron chi connectivity index (χ2n) is 5.00. The van der Waals surface area contributed by atoms with E-state index in [2.05, 4.69) is 0 Å². The number of benzene rings is 2. The van der Waals surface area contributed by atoms with E-state index < -0.39 is 11.9 Å². The van der Waals surface area contributed by atoms with E-state index in [9.17, 15) is 9.59 Å². The fraction of sp³-hybridized carbons (Fsp3) is 0.222. The minimum atomic E-state index is -0.952. The van der Waals surface area contributed by atoms with Crippen LogP contribution < -0.4 is 0 Å². The summed E-state index contributed by atoms with van der Waals surface area (Å²) in [7, 11) is 0. The first-order valence-corrected chi connectivity index (χ1v) is 7.40. The van der Waals surface area contributed by atoms with Crippen molar-refractivity contribution in [3.05, 3.63) is 58.7 Å². The summed E-state index contributed by atoms with van der Waals surface area (Å²) in [5, 5.41) is 35.5. The maximum atomic E-state index is 10.6. The lowest BCUT2D eigenvalue weighted by atomic mass is 10.1. The van der Waals surface area contributed by atoms with Crippen molar-refractivity contribution in [2.24, 2.45) is 0 Å². The highest BCUT2D eigenvalue weighted by Crippen LogP contribution is 2.17. The number of rotatable bonds is 4. The second-order valence-corrected chi connectivity index (χ2v) is 5.00. The molecule has 0 heterocycles. The van der Waals surface area contributed by atoms with E-state index in [-0.39, 0.29) is 22.6 Å². The van der Waals surface area contributed by atoms with Crippen LogP contribution >= 0.6 is 0 Å². The Labute approximate surface area is 139 Å². The van der Waals surface area contributed by atoms with Crippen LogP contribution in [0.25, 0.3) is 0 Å². The normalized spacial score (nSPS) is 9.75. The van der Waals surface area contributed by atoms with E-state index in [1.54, 1.807) is 0 Å². The van der Waals surface area contributed by atoms with E-state index in [4.69, 9.17) is 20.4 Å². The van der Waals surface area contributed by atoms with Gasteiger partial charge in [-0.1, -0.05) is 13.8 Å². The summed E-state index contributed by atoms with van der Waals surface area (Å²) in [5.74, 6) is -1.69. The van der Waals surface area contributed by atoms with Gasteiger partial charge in [-0.25, -0.2) is 9.59 Å². The second kappa shape index (κ2) is 8.57. The SMILES string of the molecule is CCc1cc(O)ccc1C(=O)O.CCc1cc(O)ccc1C(=O)O. The van der Waals surface area contributed by atoms with Gasteiger partial charge in [0.25, 0.3) is 0 Å². The molecule has 0 atom stereocenters. The van der Waals surface area contributed by atoms with Gasteiger partial charge in [0.05, 0.1) is 11.1 Å². The Bertz CT molecular complexity index is 673. The first-order valence-electron chi connectivity index (χ1n) is 7.40. The zero-order valence-electron chi connectivity index (χ0n) is 13.5. The number of phenols is 2. The average Bonchev–Trinajstić information content (AvgIpc) is 2.54. The molecule has 0 aliphatic rings. The number of carboxylic acids is 2. The van der Waals surface area contributed by atoms with Gasteiger partial charge < -0.3 is 20.4 Å². The van der Waals surface area contributed by atoms with E-state index in [1.165, 1.54) is 36.4 Å². The zero-order chi connectivity index (χ0) is 18.3. The molecule has 2 aromatic rings. The molecule has 24 heavy (non-hydrogen) atoms. The molecule has 0 radical (unpaired) electrons. The van der Waals surface area contributed by atoms with Gasteiger partial charge in [-0.2, -0.15) is 0 Å². The maximum Gasteiger partial charge on any atom is 0.335 e. The number of phenolic OH excluding ortho intramolecular Hbond substituents is 2. The molecule has 0 aliphatic carbocycles. The Morgan fingerprint density at radius 1 is 0.750 bits per heavy atom. The number of hydrogen-bond acceptors (Lipinski definition) is 4. The number of carbonyl (C=O) groups is 2. The quantitative estimate of drug-likeness (QED) is 0.683. The van der Waals surface area contributed by atoms with Crippen LogP contribution in [0, 0.1) is 0 Å². The van der Waals surface area contributed by atoms with Crippen LogP contribution in [0.4, 0.5) is 0 Å². The Kier molecular flexibility index (Phi) is 6.79. The van der Waals surface area contributed by atoms with Crippen molar-refractivity contribution >= 4 is 11.9 Å². The molecule has 0 aliphatic heterocycles. The molecule has 6 heteroatoms. The van der Waals surface area contributed by atoms with E-state index in [1.807, 2.05) is 13.8 Å². The number of aromatic carboxylic acids is 2. The highest BCUT2D eigenvalue weighted by atomic mass is 16.4. The third-order valence-corrected chi connectivity index (χ3v) is 3.40. The van der Waals surface area contributed by atoms with E-state index in [0.717, 1.165) is 0 Å². The Hall–Kier alpha value is -3.02. The Balaban J connectivity index is 0.000000240. The third-order valence-electron chi connectivity index (χ3n) is 3.40. The Morgan fingerprint density at radius 3 is 1.33 bits per heavy atom. The molecule has 6 nitrogen and oxygen atoms in total. The molecule has 2 aromatic carbocycles. The van der Waals surface area contributed by atoms with Crippen LogP contribution in [0.2, 0.25) is 0 Å². The summed E-state index contributed by atoms with van der Waals surface area (Å²) < 4.78 is 0. The molecule has 0 unspecified atom stereocenters. The number of hydrogen-bond donors (Lipinski definition) is 4. The topological polar surface area (TPSA) is 115 Å². The molecule has 4 N–H and O–H groups in total. The minimum absolute atomic E-state index is 0.108. The van der Waals surface area contributed by atoms with Gasteiger partial charge in [0.2, 0.25) is 0 Å². The van der Waals surface area contributed by atoms with E-state index in [0.29, 0.717) is 24.0 Å². The van der Waals surface area contributed by atoms with Gasteiger partial charge in [-0.15, -0.1) is 0 Å². The lowest BCUT2D eigenvalue weighted by molar-refractivity contribution is 0.0684. The zero-order valence-corrected chi connectivity index (χ0v) is 13.5. The van der Waals surface area contributed by atoms with Crippen molar-refractivity contribution in [2.45, 2.75) is 26.7 Å². The van der Waals surface area contributed by atoms with Gasteiger partial charge in [0.15, 0.2) is 0 Å². The lowest BCUT2D eigenvalue weighted by Crippen LogP contribution is -2.00. The van der Waals surface area contributed by atoms with Gasteiger partial charge in [0.1, 0.15) is 11.5 Å². The molecular formula is C18H20O6. The summed E-state index contributed by atoms with van der Waals surface area (Å²) in [6.45, 7) is 3.70. The van der Waals surface area contributed by atoms with Crippen molar-refractivity contribution in [1.82, 2.24) is 0 Å². The molecule has 0 fully saturated rings. The molecule has 0 aromatic heterocycles. The van der Waals surface area contributed by atoms with Crippen LogP contribution in [0.5, 0.6) is 11.5 Å². The summed E-state index contributed by atoms with van der Waals surface area (Å²) in [6, 6.07) is 8.53. The van der Waals surface area contributed by atoms with Gasteiger partial charge in [-0.3, -0.25) is 0 Å². The third kappa shape index (κ3) is 5.01. The molecule has 0 bridgehead atoms. The van der Waals surface area contributed by atoms with Crippen LogP contribution in [0.3, 0.4) is 0 Å². The summed E-state index contributed by atoms with van der Waals surface area (Å²) in [5.41, 5.74) is 1.83. The predicted molar refractivity (Wildman–Crippen MR) is 88.9 cm³/mol. The lowest BCUT2D eigenvalue weighted by Gasteiger charge is -2.02. The van der Waals surface area contributed by atoms with Crippen molar-refractivity contribution in [3.8, 4) is 11.5 Å². The molecule has 0 spiro atoms. The van der Waals surface area contributed by atoms with E-state index >= 15 is 0 Å². The fourth-order valence-electron chi connectivity index (χ4n) is 2.16. The predicted octanol–water partition coefficient (Wildman–Crippen LogP) is 3.31. The van der Waals surface area contributed by atoms with Crippen LogP contribution in [0.1, 0.15) is 45.7 Å². The van der Waals surface area contributed by atoms with Crippen molar-refractivity contribution in [1.29, 1.82) is 0 Å². The first kappa shape index (κ1) is 19.0. The highest BCUT2D eigenvalue weighted by Gasteiger charge is 2.09. The molecule has 0 saturated carbocycles. The number of carboxylic acid groups (broad SMARTS) is 2. The molecule has 0 saturated heterocycles. The fourth-order valence-corrected chi connectivity index (χ4v) is 2.16. The van der Waals surface area contributed by atoms with Crippen molar-refractivity contribution < 1.29 is 30.0 Å². The monoisotopic (exact) mass is 332 g/mol. The van der Waals surface area contributed by atoms with Crippen molar-refractivity contribution in [3.63, 3.8) is 0 Å². The molecule has 2 rings (SSSR count). The Morgan fingerprint density at radius 2 is 1.08 bits per heavy atom. The average molecular weight is 332 g/mol. The van der Waals surface area contributed by atoms with Crippen LogP contribution in [-0.2, 0) is 12.8 Å². The van der Waals surface area contributed by atoms with Gasteiger partial charge in [0, 0.05) is 0 Å². The first-order chi connectivity index (χ1) is 11.3. The largest absolute Gasteiger partial charge is 0.508 e. The van der Waals surface area contributed by atoms with Gasteiger partial charge in [-0.05, 0) is 60.4 Å². The van der Waals surface area contributed by atoms with Crippen molar-refractivity contribution in [2.75, 3.05) is 0 Å². The smallest absolute Gasteiger partial charge is 0.335 e. The van der Waals surface area contributed by atoms with Crippen LogP contribution in [-0.4, -0.2) is 32.4 Å². The van der Waals surface area contributed by atoms with Gasteiger partial charge >= 0.3 is 11.9 Å². The molecular weight excluding hydrogens is 312 g/mol. The molecule has 0 amide bonds. The number of aromatic hydroxyl groups is 2. The standard InChI is InChI=1S/2C9H10O3/c2*1-2-6-5-7(10)3-4-8(6)9(11)12/h2*3-5,10H,2H2,1H3,(H,11,12). The maximum absolute atomic E-state index is 10.6. The molecule has 128 valence electrons. The summed E-state index contributed by atoms with van der Waals surface area (Å²) in [6.07, 6.45) is 1.21. The van der Waals surface area contributed by atoms with Crippen LogP contribution in [0.15, 0.2) is 36.4 Å². The highest BCUT2D eigenvalue weighted by molar-refractivity contribution is 5.90. The summed E-state index contributed by atoms with van der Waals surface area (Å²) in [4.78, 5) is 21.2. The minimum Gasteiger partial charge on any atom is -0.508 e. The number of aryl methyl sites for hydroxylation is 2.